The Morgan fingerprint density at radius 2 is 1.53 bits per heavy atom. The van der Waals surface area contributed by atoms with Crippen molar-refractivity contribution in [2.24, 2.45) is 4.36 Å². The van der Waals surface area contributed by atoms with Crippen LogP contribution in [0.3, 0.4) is 0 Å². The van der Waals surface area contributed by atoms with Gasteiger partial charge in [-0.15, -0.1) is 4.36 Å². The van der Waals surface area contributed by atoms with Crippen molar-refractivity contribution in [3.63, 3.8) is 0 Å². The second-order valence-electron chi connectivity index (χ2n) is 5.46. The molecule has 0 fully saturated rings. The lowest BCUT2D eigenvalue weighted by molar-refractivity contribution is 0.450. The van der Waals surface area contributed by atoms with Crippen LogP contribution in [0.25, 0.3) is 0 Å². The Morgan fingerprint density at radius 1 is 0.933 bits per heavy atom. The third-order valence-electron chi connectivity index (χ3n) is 3.36. The van der Waals surface area contributed by atoms with Gasteiger partial charge in [-0.2, -0.15) is 16.8 Å². The number of hydrogen-bond donors (Lipinski definition) is 2. The Hall–Kier alpha value is -2.63. The highest BCUT2D eigenvalue weighted by Crippen LogP contribution is 2.32. The fourth-order valence-electron chi connectivity index (χ4n) is 2.05. The van der Waals surface area contributed by atoms with Gasteiger partial charge in [0.25, 0.3) is 10.1 Å². The molecule has 0 heterocycles. The molecule has 0 atom stereocenters. The van der Waals surface area contributed by atoms with E-state index < -0.39 is 25.5 Å². The highest BCUT2D eigenvalue weighted by Gasteiger charge is 2.18. The number of para-hydroxylation sites is 2. The molecule has 0 radical (unpaired) electrons. The van der Waals surface area contributed by atoms with Gasteiger partial charge in [0.05, 0.1) is 21.4 Å². The molecule has 0 aliphatic carbocycles. The van der Waals surface area contributed by atoms with E-state index in [0.717, 1.165) is 6.07 Å². The van der Waals surface area contributed by atoms with E-state index in [9.17, 15) is 21.4 Å². The second kappa shape index (κ2) is 10.4. The standard InChI is InChI=1S/C12H9NO6S2.C6H5Cl2N/c14-20(15)13-9-6-7-11(12(8-9)21(16,17)18)19-10-4-2-1-3-5-10;7-4-2-1-3-5(8)6(4)9/h1-8H,(H,16,17,18);1-3H,9H2. The van der Waals surface area contributed by atoms with Crippen LogP contribution < -0.4 is 10.5 Å². The Labute approximate surface area is 184 Å². The minimum atomic E-state index is -4.60. The van der Waals surface area contributed by atoms with Gasteiger partial charge in [-0.05, 0) is 42.5 Å². The summed E-state index contributed by atoms with van der Waals surface area (Å²) in [6.07, 6.45) is 0. The Balaban J connectivity index is 0.000000297. The van der Waals surface area contributed by atoms with Crippen LogP contribution in [0.4, 0.5) is 11.4 Å². The normalized spacial score (nSPS) is 10.5. The summed E-state index contributed by atoms with van der Waals surface area (Å²) in [5.74, 6) is 0.221. The number of hydrogen-bond acceptors (Lipinski definition) is 7. The Kier molecular flexibility index (Phi) is 8.21. The molecule has 0 aliphatic heterocycles. The lowest BCUT2D eigenvalue weighted by atomic mass is 10.3. The molecule has 30 heavy (non-hydrogen) atoms. The molecule has 3 aromatic carbocycles. The van der Waals surface area contributed by atoms with Gasteiger partial charge in [0.1, 0.15) is 16.4 Å². The van der Waals surface area contributed by atoms with Crippen molar-refractivity contribution in [3.8, 4) is 11.5 Å². The van der Waals surface area contributed by atoms with Crippen LogP contribution in [0.2, 0.25) is 10.0 Å². The molecule has 8 nitrogen and oxygen atoms in total. The summed E-state index contributed by atoms with van der Waals surface area (Å²) < 4.78 is 61.4. The van der Waals surface area contributed by atoms with Gasteiger partial charge >= 0.3 is 10.5 Å². The molecule has 0 saturated heterocycles. The maximum Gasteiger partial charge on any atom is 0.316 e. The second-order valence-corrected chi connectivity index (χ2v) is 8.29. The molecule has 12 heteroatoms. The fourth-order valence-corrected chi connectivity index (χ4v) is 3.37. The average Bonchev–Trinajstić information content (AvgIpc) is 2.67. The molecule has 0 aromatic heterocycles. The first-order valence-electron chi connectivity index (χ1n) is 7.93. The minimum Gasteiger partial charge on any atom is -0.456 e. The van der Waals surface area contributed by atoms with Crippen molar-refractivity contribution >= 4 is 55.2 Å². The van der Waals surface area contributed by atoms with Crippen molar-refractivity contribution in [1.82, 2.24) is 0 Å². The number of anilines is 1. The number of benzene rings is 3. The summed E-state index contributed by atoms with van der Waals surface area (Å²) in [7, 11) is -7.34. The van der Waals surface area contributed by atoms with Gasteiger partial charge < -0.3 is 10.5 Å². The summed E-state index contributed by atoms with van der Waals surface area (Å²) in [5, 5.41) is 1.00. The van der Waals surface area contributed by atoms with E-state index in [1.165, 1.54) is 12.1 Å². The molecule has 0 unspecified atom stereocenters. The average molecular weight is 489 g/mol. The van der Waals surface area contributed by atoms with Crippen LogP contribution >= 0.6 is 23.2 Å². The van der Waals surface area contributed by atoms with Crippen LogP contribution in [0.15, 0.2) is 76.0 Å². The zero-order valence-corrected chi connectivity index (χ0v) is 18.1. The van der Waals surface area contributed by atoms with E-state index in [2.05, 4.69) is 4.36 Å². The van der Waals surface area contributed by atoms with E-state index in [1.807, 2.05) is 0 Å². The highest BCUT2D eigenvalue weighted by molar-refractivity contribution is 7.86. The van der Waals surface area contributed by atoms with Crippen molar-refractivity contribution in [1.29, 1.82) is 0 Å². The minimum absolute atomic E-state index is 0.140. The van der Waals surface area contributed by atoms with Crippen molar-refractivity contribution < 1.29 is 26.1 Å². The summed E-state index contributed by atoms with van der Waals surface area (Å²) in [6.45, 7) is 0. The highest BCUT2D eigenvalue weighted by atomic mass is 35.5. The number of nitrogens with zero attached hydrogens (tertiary/aromatic N) is 1. The lowest BCUT2D eigenvalue weighted by Gasteiger charge is -2.09. The first kappa shape index (κ1) is 23.6. The molecule has 3 N–H and O–H groups in total. The van der Waals surface area contributed by atoms with Crippen LogP contribution in [0, 0.1) is 0 Å². The van der Waals surface area contributed by atoms with Crippen molar-refractivity contribution in [2.45, 2.75) is 4.90 Å². The quantitative estimate of drug-likeness (QED) is 0.389. The SMILES string of the molecule is Nc1c(Cl)cccc1Cl.O=S(=O)=Nc1ccc(Oc2ccccc2)c(S(=O)(=O)O)c1. The lowest BCUT2D eigenvalue weighted by Crippen LogP contribution is -2.01. The van der Waals surface area contributed by atoms with Gasteiger partial charge in [0.15, 0.2) is 0 Å². The zero-order valence-electron chi connectivity index (χ0n) is 14.9. The summed E-state index contributed by atoms with van der Waals surface area (Å²) in [6, 6.07) is 16.8. The van der Waals surface area contributed by atoms with Gasteiger partial charge in [-0.25, -0.2) is 0 Å². The van der Waals surface area contributed by atoms with E-state index in [4.69, 9.17) is 33.7 Å². The van der Waals surface area contributed by atoms with Crippen LogP contribution in [-0.2, 0) is 20.6 Å². The smallest absolute Gasteiger partial charge is 0.316 e. The first-order valence-corrected chi connectivity index (χ1v) is 11.2. The van der Waals surface area contributed by atoms with Crippen LogP contribution in [-0.4, -0.2) is 21.4 Å². The van der Waals surface area contributed by atoms with Crippen LogP contribution in [0.5, 0.6) is 11.5 Å². The molecule has 0 saturated carbocycles. The summed E-state index contributed by atoms with van der Waals surface area (Å²) >= 11 is 11.2. The molecule has 0 spiro atoms. The topological polar surface area (TPSA) is 136 Å². The summed E-state index contributed by atoms with van der Waals surface area (Å²) in [5.41, 5.74) is 5.72. The van der Waals surface area contributed by atoms with Gasteiger partial charge in [0.2, 0.25) is 0 Å². The van der Waals surface area contributed by atoms with Gasteiger partial charge in [0, 0.05) is 0 Å². The van der Waals surface area contributed by atoms with Crippen LogP contribution in [0.1, 0.15) is 0 Å². The molecule has 0 bridgehead atoms. The fraction of sp³-hybridized carbons (Fsp3) is 0. The Bertz CT molecular complexity index is 1250. The Morgan fingerprint density at radius 3 is 2.03 bits per heavy atom. The first-order chi connectivity index (χ1) is 14.1. The van der Waals surface area contributed by atoms with Gasteiger partial charge in [-0.3, -0.25) is 4.55 Å². The monoisotopic (exact) mass is 488 g/mol. The predicted molar refractivity (Wildman–Crippen MR) is 115 cm³/mol. The number of nitrogen functional groups attached to an aromatic ring is 1. The third-order valence-corrected chi connectivity index (χ3v) is 5.25. The van der Waals surface area contributed by atoms with E-state index in [0.29, 0.717) is 21.5 Å². The number of rotatable bonds is 4. The maximum atomic E-state index is 11.4. The van der Waals surface area contributed by atoms with Gasteiger partial charge in [-0.1, -0.05) is 47.5 Å². The molecule has 3 rings (SSSR count). The predicted octanol–water partition coefficient (Wildman–Crippen LogP) is 5.00. The molecule has 0 amide bonds. The molecule has 0 aliphatic rings. The van der Waals surface area contributed by atoms with E-state index in [-0.39, 0.29) is 11.4 Å². The zero-order chi connectivity index (χ0) is 22.3. The molecular weight excluding hydrogens is 475 g/mol. The molecular formula is C18H14Cl2N2O6S2. The van der Waals surface area contributed by atoms with Crippen molar-refractivity contribution in [3.05, 3.63) is 76.8 Å². The van der Waals surface area contributed by atoms with E-state index >= 15 is 0 Å². The number of nitrogens with two attached hydrogens (primary N) is 1. The third kappa shape index (κ3) is 7.01. The summed E-state index contributed by atoms with van der Waals surface area (Å²) in [4.78, 5) is -0.571. The van der Waals surface area contributed by atoms with Crippen molar-refractivity contribution in [2.75, 3.05) is 5.73 Å². The largest absolute Gasteiger partial charge is 0.456 e. The number of ether oxygens (including phenoxy) is 1. The number of halogens is 2. The van der Waals surface area contributed by atoms with E-state index in [1.54, 1.807) is 48.5 Å². The molecule has 3 aromatic rings. The molecule has 158 valence electrons. The maximum absolute atomic E-state index is 11.4.